The van der Waals surface area contributed by atoms with E-state index in [0.717, 1.165) is 0 Å². The maximum atomic E-state index is 12.4. The summed E-state index contributed by atoms with van der Waals surface area (Å²) in [4.78, 5) is 38.3. The fourth-order valence-electron chi connectivity index (χ4n) is 3.40. The fraction of sp³-hybridized carbons (Fsp3) is 0.115. The molecule has 10 heteroatoms. The van der Waals surface area contributed by atoms with Crippen molar-refractivity contribution >= 4 is 35.2 Å². The zero-order valence-corrected chi connectivity index (χ0v) is 19.4. The fourth-order valence-corrected chi connectivity index (χ4v) is 3.40. The van der Waals surface area contributed by atoms with Gasteiger partial charge in [0.15, 0.2) is 17.2 Å². The molecule has 0 saturated heterocycles. The highest BCUT2D eigenvalue weighted by atomic mass is 16.6. The molecular weight excluding hydrogens is 466 g/mol. The molecule has 0 fully saturated rings. The maximum absolute atomic E-state index is 12.4. The summed E-state index contributed by atoms with van der Waals surface area (Å²) in [7, 11) is 1.48. The van der Waals surface area contributed by atoms with E-state index in [1.54, 1.807) is 60.7 Å². The lowest BCUT2D eigenvalue weighted by Gasteiger charge is -2.11. The molecule has 1 N–H and O–H groups in total. The van der Waals surface area contributed by atoms with Gasteiger partial charge in [-0.25, -0.2) is 9.79 Å². The molecular formula is C26H21N3O7. The molecule has 1 heterocycles. The summed E-state index contributed by atoms with van der Waals surface area (Å²) in [5.41, 5.74) is 2.57. The van der Waals surface area contributed by atoms with Gasteiger partial charge in [-0.15, -0.1) is 0 Å². The molecule has 0 unspecified atom stereocenters. The molecule has 0 atom stereocenters. The molecule has 10 nitrogen and oxygen atoms in total. The standard InChI is InChI=1S/C26H21N3O7/c1-16(30)27-20-9-7-19(8-10-20)25-28-22(26(31)36-25)13-17-6-11-23(24(14-17)34-2)35-15-18-4-3-5-21(12-18)29(32)33/h3-14H,15H2,1-2H3,(H,27,30)/b22-13-. The van der Waals surface area contributed by atoms with Gasteiger partial charge >= 0.3 is 5.97 Å². The zero-order valence-electron chi connectivity index (χ0n) is 19.4. The number of nitro benzene ring substituents is 1. The number of carbonyl (C=O) groups excluding carboxylic acids is 2. The minimum Gasteiger partial charge on any atom is -0.493 e. The molecule has 36 heavy (non-hydrogen) atoms. The average Bonchev–Trinajstić information content (AvgIpc) is 3.23. The molecule has 0 spiro atoms. The average molecular weight is 487 g/mol. The van der Waals surface area contributed by atoms with Crippen LogP contribution < -0.4 is 14.8 Å². The highest BCUT2D eigenvalue weighted by Crippen LogP contribution is 2.31. The third-order valence-corrected chi connectivity index (χ3v) is 5.08. The number of benzene rings is 3. The lowest BCUT2D eigenvalue weighted by molar-refractivity contribution is -0.384. The van der Waals surface area contributed by atoms with E-state index in [2.05, 4.69) is 10.3 Å². The van der Waals surface area contributed by atoms with E-state index in [1.165, 1.54) is 26.2 Å². The SMILES string of the molecule is COc1cc(/C=C2\N=C(c3ccc(NC(C)=O)cc3)OC2=O)ccc1OCc1cccc([N+](=O)[O-])c1. The van der Waals surface area contributed by atoms with Crippen molar-refractivity contribution in [1.82, 2.24) is 0 Å². The number of nitrogens with zero attached hydrogens (tertiary/aromatic N) is 2. The van der Waals surface area contributed by atoms with Crippen molar-refractivity contribution in [3.05, 3.63) is 99.2 Å². The van der Waals surface area contributed by atoms with E-state index in [0.29, 0.717) is 33.9 Å². The molecule has 3 aromatic rings. The summed E-state index contributed by atoms with van der Waals surface area (Å²) in [6.45, 7) is 1.53. The summed E-state index contributed by atoms with van der Waals surface area (Å²) < 4.78 is 16.5. The van der Waals surface area contributed by atoms with E-state index in [9.17, 15) is 19.7 Å². The first-order chi connectivity index (χ1) is 17.3. The van der Waals surface area contributed by atoms with Gasteiger partial charge in [-0.2, -0.15) is 0 Å². The van der Waals surface area contributed by atoms with E-state index in [-0.39, 0.29) is 29.8 Å². The number of amides is 1. The lowest BCUT2D eigenvalue weighted by Crippen LogP contribution is -2.07. The predicted octanol–water partition coefficient (Wildman–Crippen LogP) is 4.49. The van der Waals surface area contributed by atoms with Gasteiger partial charge in [-0.1, -0.05) is 18.2 Å². The van der Waals surface area contributed by atoms with Crippen LogP contribution in [0.3, 0.4) is 0 Å². The van der Waals surface area contributed by atoms with Crippen molar-refractivity contribution in [3.8, 4) is 11.5 Å². The Kier molecular flexibility index (Phi) is 7.05. The third-order valence-electron chi connectivity index (χ3n) is 5.08. The summed E-state index contributed by atoms with van der Waals surface area (Å²) >= 11 is 0. The minimum absolute atomic E-state index is 0.0166. The molecule has 4 rings (SSSR count). The molecule has 0 saturated carbocycles. The van der Waals surface area contributed by atoms with Crippen molar-refractivity contribution < 1.29 is 28.7 Å². The van der Waals surface area contributed by atoms with Crippen molar-refractivity contribution in [3.63, 3.8) is 0 Å². The second-order valence-electron chi connectivity index (χ2n) is 7.72. The number of hydrogen-bond donors (Lipinski definition) is 1. The third kappa shape index (κ3) is 5.73. The van der Waals surface area contributed by atoms with E-state index in [4.69, 9.17) is 14.2 Å². The van der Waals surface area contributed by atoms with Crippen LogP contribution in [0.25, 0.3) is 6.08 Å². The first kappa shape index (κ1) is 24.1. The number of non-ortho nitro benzene ring substituents is 1. The van der Waals surface area contributed by atoms with E-state index >= 15 is 0 Å². The van der Waals surface area contributed by atoms with Crippen molar-refractivity contribution in [2.75, 3.05) is 12.4 Å². The van der Waals surface area contributed by atoms with Gasteiger partial charge in [0.2, 0.25) is 11.8 Å². The van der Waals surface area contributed by atoms with E-state index in [1.807, 2.05) is 0 Å². The molecule has 182 valence electrons. The number of hydrogen-bond acceptors (Lipinski definition) is 8. The quantitative estimate of drug-likeness (QED) is 0.215. The van der Waals surface area contributed by atoms with Gasteiger partial charge in [0.1, 0.15) is 6.61 Å². The van der Waals surface area contributed by atoms with Crippen LogP contribution in [0.1, 0.15) is 23.6 Å². The van der Waals surface area contributed by atoms with Crippen LogP contribution in [-0.2, 0) is 20.9 Å². The second-order valence-corrected chi connectivity index (χ2v) is 7.72. The first-order valence-corrected chi connectivity index (χ1v) is 10.8. The summed E-state index contributed by atoms with van der Waals surface area (Å²) in [5.74, 6) is 0.224. The van der Waals surface area contributed by atoms with Crippen molar-refractivity contribution in [1.29, 1.82) is 0 Å². The number of aliphatic imine (C=N–C) groups is 1. The van der Waals surface area contributed by atoms with Crippen molar-refractivity contribution in [2.45, 2.75) is 13.5 Å². The Labute approximate surface area is 206 Å². The second kappa shape index (κ2) is 10.5. The number of carbonyl (C=O) groups is 2. The molecule has 0 aliphatic carbocycles. The summed E-state index contributed by atoms with van der Waals surface area (Å²) in [5, 5.41) is 13.6. The monoisotopic (exact) mass is 487 g/mol. The number of esters is 1. The molecule has 0 bridgehead atoms. The minimum atomic E-state index is -0.596. The molecule has 3 aromatic carbocycles. The van der Waals surface area contributed by atoms with E-state index < -0.39 is 10.9 Å². The Morgan fingerprint density at radius 1 is 1.11 bits per heavy atom. The summed E-state index contributed by atoms with van der Waals surface area (Å²) in [6, 6.07) is 18.0. The van der Waals surface area contributed by atoms with Crippen LogP contribution in [0.15, 0.2) is 77.4 Å². The topological polar surface area (TPSA) is 129 Å². The van der Waals surface area contributed by atoms with Crippen LogP contribution >= 0.6 is 0 Å². The smallest absolute Gasteiger partial charge is 0.363 e. The van der Waals surface area contributed by atoms with Gasteiger partial charge in [-0.05, 0) is 53.6 Å². The largest absolute Gasteiger partial charge is 0.493 e. The molecule has 0 radical (unpaired) electrons. The molecule has 1 amide bonds. The Balaban J connectivity index is 1.50. The number of nitro groups is 1. The van der Waals surface area contributed by atoms with Crippen LogP contribution in [0, 0.1) is 10.1 Å². The number of ether oxygens (including phenoxy) is 3. The normalized spacial score (nSPS) is 13.7. The van der Waals surface area contributed by atoms with Crippen molar-refractivity contribution in [2.24, 2.45) is 4.99 Å². The zero-order chi connectivity index (χ0) is 25.7. The van der Waals surface area contributed by atoms with Gasteiger partial charge < -0.3 is 19.5 Å². The Morgan fingerprint density at radius 3 is 2.58 bits per heavy atom. The number of nitrogens with one attached hydrogen (secondary N) is 1. The Morgan fingerprint density at radius 2 is 1.89 bits per heavy atom. The Hall–Kier alpha value is -4.99. The van der Waals surface area contributed by atoms with Crippen LogP contribution in [-0.4, -0.2) is 29.8 Å². The number of methoxy groups -OCH3 is 1. The van der Waals surface area contributed by atoms with Crippen LogP contribution in [0.4, 0.5) is 11.4 Å². The van der Waals surface area contributed by atoms with Crippen LogP contribution in [0.2, 0.25) is 0 Å². The summed E-state index contributed by atoms with van der Waals surface area (Å²) in [6.07, 6.45) is 1.56. The highest BCUT2D eigenvalue weighted by Gasteiger charge is 2.24. The Bertz CT molecular complexity index is 1390. The van der Waals surface area contributed by atoms with Gasteiger partial charge in [0, 0.05) is 30.3 Å². The van der Waals surface area contributed by atoms with Gasteiger partial charge in [0.25, 0.3) is 5.69 Å². The highest BCUT2D eigenvalue weighted by molar-refractivity contribution is 6.13. The maximum Gasteiger partial charge on any atom is 0.363 e. The first-order valence-electron chi connectivity index (χ1n) is 10.8. The molecule has 1 aliphatic heterocycles. The number of rotatable bonds is 8. The predicted molar refractivity (Wildman–Crippen MR) is 132 cm³/mol. The van der Waals surface area contributed by atoms with Gasteiger partial charge in [0.05, 0.1) is 12.0 Å². The molecule has 0 aromatic heterocycles. The van der Waals surface area contributed by atoms with Crippen LogP contribution in [0.5, 0.6) is 11.5 Å². The molecule has 1 aliphatic rings. The number of cyclic esters (lactones) is 1. The lowest BCUT2D eigenvalue weighted by atomic mass is 10.1. The van der Waals surface area contributed by atoms with Gasteiger partial charge in [-0.3, -0.25) is 14.9 Å². The number of anilines is 1.